The zero-order valence-electron chi connectivity index (χ0n) is 11.5. The van der Waals surface area contributed by atoms with Gasteiger partial charge in [-0.05, 0) is 30.7 Å². The summed E-state index contributed by atoms with van der Waals surface area (Å²) in [6.45, 7) is 3.03. The largest absolute Gasteiger partial charge is 0.333 e. The summed E-state index contributed by atoms with van der Waals surface area (Å²) >= 11 is 0. The first-order valence-corrected chi connectivity index (χ1v) is 7.97. The van der Waals surface area contributed by atoms with E-state index in [4.69, 9.17) is 5.26 Å². The molecule has 0 saturated carbocycles. The van der Waals surface area contributed by atoms with E-state index < -0.39 is 10.0 Å². The Morgan fingerprint density at radius 3 is 2.86 bits per heavy atom. The van der Waals surface area contributed by atoms with E-state index >= 15 is 0 Å². The van der Waals surface area contributed by atoms with Crippen LogP contribution in [0.5, 0.6) is 0 Å². The molecule has 1 aromatic carbocycles. The lowest BCUT2D eigenvalue weighted by molar-refractivity contribution is 0.335. The Balaban J connectivity index is 1.95. The summed E-state index contributed by atoms with van der Waals surface area (Å²) < 4.78 is 28.7. The van der Waals surface area contributed by atoms with Gasteiger partial charge in [0.05, 0.1) is 23.1 Å². The Morgan fingerprint density at radius 1 is 1.33 bits per heavy atom. The predicted octanol–water partition coefficient (Wildman–Crippen LogP) is 1.27. The van der Waals surface area contributed by atoms with Crippen molar-refractivity contribution in [1.82, 2.24) is 13.9 Å². The van der Waals surface area contributed by atoms with Crippen LogP contribution in [0.3, 0.4) is 0 Å². The van der Waals surface area contributed by atoms with E-state index in [9.17, 15) is 8.42 Å². The molecule has 0 unspecified atom stereocenters. The Hall–Kier alpha value is -2.17. The second kappa shape index (κ2) is 4.98. The maximum Gasteiger partial charge on any atom is 0.243 e. The van der Waals surface area contributed by atoms with Gasteiger partial charge < -0.3 is 4.57 Å². The smallest absolute Gasteiger partial charge is 0.243 e. The number of hydrogen-bond acceptors (Lipinski definition) is 4. The fraction of sp³-hybridized carbons (Fsp3) is 0.286. The van der Waals surface area contributed by atoms with E-state index in [1.165, 1.54) is 10.4 Å². The molecule has 0 radical (unpaired) electrons. The quantitative estimate of drug-likeness (QED) is 0.837. The van der Waals surface area contributed by atoms with Crippen molar-refractivity contribution < 1.29 is 8.42 Å². The highest BCUT2D eigenvalue weighted by atomic mass is 32.2. The molecule has 1 aliphatic heterocycles. The molecule has 0 spiro atoms. The number of sulfonamides is 1. The fourth-order valence-corrected chi connectivity index (χ4v) is 3.90. The summed E-state index contributed by atoms with van der Waals surface area (Å²) in [4.78, 5) is 4.39. The number of nitrogens with zero attached hydrogens (tertiary/aromatic N) is 4. The SMILES string of the molecule is Cc1cc(S(=O)(=O)N2CCn3ccnc3C2)ccc1C#N. The van der Waals surface area contributed by atoms with Crippen LogP contribution in [-0.2, 0) is 23.1 Å². The topological polar surface area (TPSA) is 79.0 Å². The van der Waals surface area contributed by atoms with Crippen LogP contribution in [0.1, 0.15) is 17.0 Å². The average molecular weight is 302 g/mol. The van der Waals surface area contributed by atoms with Crippen molar-refractivity contribution in [3.05, 3.63) is 47.5 Å². The highest BCUT2D eigenvalue weighted by molar-refractivity contribution is 7.89. The van der Waals surface area contributed by atoms with Gasteiger partial charge in [-0.1, -0.05) is 0 Å². The monoisotopic (exact) mass is 302 g/mol. The zero-order chi connectivity index (χ0) is 15.0. The first-order chi connectivity index (χ1) is 10.0. The van der Waals surface area contributed by atoms with Crippen molar-refractivity contribution in [2.24, 2.45) is 0 Å². The fourth-order valence-electron chi connectivity index (χ4n) is 2.43. The molecule has 6 nitrogen and oxygen atoms in total. The molecule has 2 heterocycles. The van der Waals surface area contributed by atoms with E-state index in [1.807, 2.05) is 16.8 Å². The minimum Gasteiger partial charge on any atom is -0.333 e. The third kappa shape index (κ3) is 2.33. The second-order valence-corrected chi connectivity index (χ2v) is 6.90. The van der Waals surface area contributed by atoms with Gasteiger partial charge in [-0.2, -0.15) is 9.57 Å². The van der Waals surface area contributed by atoms with E-state index in [0.29, 0.717) is 24.2 Å². The van der Waals surface area contributed by atoms with E-state index in [0.717, 1.165) is 5.82 Å². The summed E-state index contributed by atoms with van der Waals surface area (Å²) in [5.41, 5.74) is 1.15. The van der Waals surface area contributed by atoms with Crippen molar-refractivity contribution in [2.45, 2.75) is 24.9 Å². The molecule has 108 valence electrons. The van der Waals surface area contributed by atoms with Gasteiger partial charge in [0, 0.05) is 25.5 Å². The molecule has 0 fully saturated rings. The van der Waals surface area contributed by atoms with Gasteiger partial charge in [0.25, 0.3) is 0 Å². The lowest BCUT2D eigenvalue weighted by atomic mass is 10.1. The number of benzene rings is 1. The summed E-state index contributed by atoms with van der Waals surface area (Å²) in [6, 6.07) is 6.63. The Labute approximate surface area is 123 Å². The molecular formula is C14H14N4O2S. The van der Waals surface area contributed by atoms with Gasteiger partial charge in [-0.25, -0.2) is 13.4 Å². The van der Waals surface area contributed by atoms with Crippen LogP contribution in [0, 0.1) is 18.3 Å². The van der Waals surface area contributed by atoms with Crippen LogP contribution in [0.15, 0.2) is 35.5 Å². The van der Waals surface area contributed by atoms with Crippen LogP contribution >= 0.6 is 0 Å². The third-order valence-electron chi connectivity index (χ3n) is 3.67. The molecule has 21 heavy (non-hydrogen) atoms. The van der Waals surface area contributed by atoms with Gasteiger partial charge in [0.1, 0.15) is 5.82 Å². The summed E-state index contributed by atoms with van der Waals surface area (Å²) in [5, 5.41) is 8.93. The van der Waals surface area contributed by atoms with E-state index in [-0.39, 0.29) is 11.4 Å². The van der Waals surface area contributed by atoms with Crippen molar-refractivity contribution in [1.29, 1.82) is 5.26 Å². The number of fused-ring (bicyclic) bond motifs is 1. The molecule has 2 aromatic rings. The molecule has 7 heteroatoms. The van der Waals surface area contributed by atoms with Crippen LogP contribution in [0.4, 0.5) is 0 Å². The number of rotatable bonds is 2. The number of aromatic nitrogens is 2. The normalized spacial score (nSPS) is 15.4. The molecule has 0 amide bonds. The third-order valence-corrected chi connectivity index (χ3v) is 5.51. The van der Waals surface area contributed by atoms with Crippen LogP contribution in [0.2, 0.25) is 0 Å². The Morgan fingerprint density at radius 2 is 2.14 bits per heavy atom. The molecule has 0 bridgehead atoms. The Bertz CT molecular complexity index is 833. The summed E-state index contributed by atoms with van der Waals surface area (Å²) in [6.07, 6.45) is 3.53. The molecule has 1 aromatic heterocycles. The number of hydrogen-bond donors (Lipinski definition) is 0. The van der Waals surface area contributed by atoms with Crippen molar-refractivity contribution in [2.75, 3.05) is 6.54 Å². The lowest BCUT2D eigenvalue weighted by Crippen LogP contribution is -2.38. The average Bonchev–Trinajstić information content (AvgIpc) is 2.94. The number of nitriles is 1. The number of aryl methyl sites for hydroxylation is 1. The molecule has 3 rings (SSSR count). The molecule has 0 aliphatic carbocycles. The summed E-state index contributed by atoms with van der Waals surface area (Å²) in [7, 11) is -3.56. The van der Waals surface area contributed by atoms with Crippen molar-refractivity contribution >= 4 is 10.0 Å². The van der Waals surface area contributed by atoms with Gasteiger partial charge >= 0.3 is 0 Å². The van der Waals surface area contributed by atoms with Crippen molar-refractivity contribution in [3.63, 3.8) is 0 Å². The molecule has 0 N–H and O–H groups in total. The van der Waals surface area contributed by atoms with Crippen LogP contribution in [0.25, 0.3) is 0 Å². The van der Waals surface area contributed by atoms with E-state index in [1.54, 1.807) is 25.3 Å². The van der Waals surface area contributed by atoms with Gasteiger partial charge in [-0.15, -0.1) is 0 Å². The first kappa shape index (κ1) is 13.8. The minimum atomic E-state index is -3.56. The zero-order valence-corrected chi connectivity index (χ0v) is 12.3. The first-order valence-electron chi connectivity index (χ1n) is 6.53. The van der Waals surface area contributed by atoms with Crippen LogP contribution < -0.4 is 0 Å². The van der Waals surface area contributed by atoms with Crippen molar-refractivity contribution in [3.8, 4) is 6.07 Å². The second-order valence-electron chi connectivity index (χ2n) is 4.96. The minimum absolute atomic E-state index is 0.221. The lowest BCUT2D eigenvalue weighted by Gasteiger charge is -2.27. The van der Waals surface area contributed by atoms with Gasteiger partial charge in [0.15, 0.2) is 0 Å². The molecule has 1 aliphatic rings. The maximum atomic E-state index is 12.7. The summed E-state index contributed by atoms with van der Waals surface area (Å²) in [5.74, 6) is 0.746. The van der Waals surface area contributed by atoms with Crippen LogP contribution in [-0.4, -0.2) is 28.8 Å². The molecule has 0 saturated heterocycles. The van der Waals surface area contributed by atoms with Gasteiger partial charge in [0.2, 0.25) is 10.0 Å². The standard InChI is InChI=1S/C14H14N4O2S/c1-11-8-13(3-2-12(11)9-15)21(19,20)18-7-6-17-5-4-16-14(17)10-18/h2-5,8H,6-7,10H2,1H3. The Kier molecular flexibility index (Phi) is 3.27. The maximum absolute atomic E-state index is 12.7. The highest BCUT2D eigenvalue weighted by Gasteiger charge is 2.29. The highest BCUT2D eigenvalue weighted by Crippen LogP contribution is 2.22. The predicted molar refractivity (Wildman–Crippen MR) is 75.7 cm³/mol. The van der Waals surface area contributed by atoms with E-state index in [2.05, 4.69) is 4.98 Å². The molecular weight excluding hydrogens is 288 g/mol. The number of imidazole rings is 1. The van der Waals surface area contributed by atoms with Gasteiger partial charge in [-0.3, -0.25) is 0 Å². The molecule has 0 atom stereocenters.